The predicted molar refractivity (Wildman–Crippen MR) is 87.7 cm³/mol. The lowest BCUT2D eigenvalue weighted by Crippen LogP contribution is -2.19. The minimum absolute atomic E-state index is 0.192. The first kappa shape index (κ1) is 15.4. The summed E-state index contributed by atoms with van der Waals surface area (Å²) in [5.74, 6) is 0.899. The Balaban J connectivity index is 2.28. The number of hydrogen-bond donors (Lipinski definition) is 1. The van der Waals surface area contributed by atoms with E-state index in [0.29, 0.717) is 0 Å². The van der Waals surface area contributed by atoms with Crippen molar-refractivity contribution in [3.8, 4) is 5.75 Å². The second-order valence-corrected chi connectivity index (χ2v) is 5.91. The van der Waals surface area contributed by atoms with Crippen molar-refractivity contribution in [2.24, 2.45) is 0 Å². The van der Waals surface area contributed by atoms with Crippen LogP contribution < -0.4 is 10.1 Å². The van der Waals surface area contributed by atoms with Gasteiger partial charge in [0.05, 0.1) is 7.11 Å². The van der Waals surface area contributed by atoms with Gasteiger partial charge in [0, 0.05) is 15.5 Å². The molecule has 0 saturated heterocycles. The summed E-state index contributed by atoms with van der Waals surface area (Å²) in [6.07, 6.45) is 0.833. The quantitative estimate of drug-likeness (QED) is 0.846. The van der Waals surface area contributed by atoms with Crippen molar-refractivity contribution in [1.82, 2.24) is 5.32 Å². The van der Waals surface area contributed by atoms with E-state index in [1.165, 1.54) is 5.56 Å². The van der Waals surface area contributed by atoms with E-state index in [1.807, 2.05) is 37.4 Å². The largest absolute Gasteiger partial charge is 0.496 e. The minimum atomic E-state index is 0.192. The first-order chi connectivity index (χ1) is 9.63. The molecule has 0 aliphatic carbocycles. The van der Waals surface area contributed by atoms with Crippen LogP contribution in [0.2, 0.25) is 5.02 Å². The lowest BCUT2D eigenvalue weighted by molar-refractivity contribution is 0.406. The Hall–Kier alpha value is -1.03. The Morgan fingerprint density at radius 3 is 2.70 bits per heavy atom. The third kappa shape index (κ3) is 3.75. The fraction of sp³-hybridized carbons (Fsp3) is 0.250. The van der Waals surface area contributed by atoms with E-state index in [-0.39, 0.29) is 6.04 Å². The van der Waals surface area contributed by atoms with Gasteiger partial charge in [-0.2, -0.15) is 0 Å². The zero-order chi connectivity index (χ0) is 14.5. The number of likely N-dealkylation sites (N-methyl/N-ethyl adjacent to an activating group) is 1. The van der Waals surface area contributed by atoms with Crippen LogP contribution in [0, 0.1) is 0 Å². The van der Waals surface area contributed by atoms with E-state index in [4.69, 9.17) is 16.3 Å². The molecule has 2 aromatic rings. The summed E-state index contributed by atoms with van der Waals surface area (Å²) in [5.41, 5.74) is 2.32. The molecular formula is C16H17BrClNO. The molecule has 0 amide bonds. The van der Waals surface area contributed by atoms with Gasteiger partial charge >= 0.3 is 0 Å². The van der Waals surface area contributed by atoms with Gasteiger partial charge in [0.2, 0.25) is 0 Å². The van der Waals surface area contributed by atoms with Crippen molar-refractivity contribution in [1.29, 1.82) is 0 Å². The van der Waals surface area contributed by atoms with Crippen LogP contribution in [0.1, 0.15) is 17.2 Å². The lowest BCUT2D eigenvalue weighted by Gasteiger charge is -2.19. The molecule has 2 rings (SSSR count). The van der Waals surface area contributed by atoms with Crippen LogP contribution in [0.4, 0.5) is 0 Å². The Morgan fingerprint density at radius 1 is 1.25 bits per heavy atom. The summed E-state index contributed by atoms with van der Waals surface area (Å²) in [6, 6.07) is 14.2. The highest BCUT2D eigenvalue weighted by atomic mass is 79.9. The maximum absolute atomic E-state index is 6.07. The molecule has 0 bridgehead atoms. The summed E-state index contributed by atoms with van der Waals surface area (Å²) in [4.78, 5) is 0. The summed E-state index contributed by atoms with van der Waals surface area (Å²) in [7, 11) is 3.65. The zero-order valence-corrected chi connectivity index (χ0v) is 13.8. The third-order valence-electron chi connectivity index (χ3n) is 3.27. The van der Waals surface area contributed by atoms with Crippen molar-refractivity contribution in [3.05, 3.63) is 63.1 Å². The molecule has 0 radical (unpaired) electrons. The molecule has 2 nitrogen and oxygen atoms in total. The van der Waals surface area contributed by atoms with Crippen molar-refractivity contribution in [2.75, 3.05) is 14.2 Å². The lowest BCUT2D eigenvalue weighted by atomic mass is 9.98. The standard InChI is InChI=1S/C16H17BrClNO/c1-19-15(11-4-3-5-14(18)9-11)10-12-8-13(17)6-7-16(12)20-2/h3-9,15,19H,10H2,1-2H3. The number of ether oxygens (including phenoxy) is 1. The van der Waals surface area contributed by atoms with Gasteiger partial charge in [0.1, 0.15) is 5.75 Å². The summed E-state index contributed by atoms with van der Waals surface area (Å²) in [5, 5.41) is 4.09. The van der Waals surface area contributed by atoms with Gasteiger partial charge in [-0.15, -0.1) is 0 Å². The van der Waals surface area contributed by atoms with Gasteiger partial charge in [-0.05, 0) is 54.9 Å². The molecule has 0 aliphatic heterocycles. The second kappa shape index (κ2) is 7.11. The van der Waals surface area contributed by atoms with E-state index in [1.54, 1.807) is 7.11 Å². The molecule has 2 aromatic carbocycles. The topological polar surface area (TPSA) is 21.3 Å². The van der Waals surface area contributed by atoms with Crippen LogP contribution >= 0.6 is 27.5 Å². The Labute approximate surface area is 133 Å². The van der Waals surface area contributed by atoms with Crippen LogP contribution in [0.15, 0.2) is 46.9 Å². The van der Waals surface area contributed by atoms with E-state index in [9.17, 15) is 0 Å². The zero-order valence-electron chi connectivity index (χ0n) is 11.5. The SMILES string of the molecule is CNC(Cc1cc(Br)ccc1OC)c1cccc(Cl)c1. The number of benzene rings is 2. The molecule has 1 unspecified atom stereocenters. The van der Waals surface area contributed by atoms with E-state index < -0.39 is 0 Å². The predicted octanol–water partition coefficient (Wildman–Crippen LogP) is 4.61. The molecule has 0 heterocycles. The molecular weight excluding hydrogens is 338 g/mol. The maximum Gasteiger partial charge on any atom is 0.122 e. The van der Waals surface area contributed by atoms with Gasteiger partial charge in [-0.3, -0.25) is 0 Å². The molecule has 0 saturated carbocycles. The summed E-state index contributed by atoms with van der Waals surface area (Å²) >= 11 is 9.58. The minimum Gasteiger partial charge on any atom is -0.496 e. The van der Waals surface area contributed by atoms with Gasteiger partial charge in [-0.25, -0.2) is 0 Å². The fourth-order valence-electron chi connectivity index (χ4n) is 2.24. The highest BCUT2D eigenvalue weighted by molar-refractivity contribution is 9.10. The molecule has 0 aliphatic rings. The van der Waals surface area contributed by atoms with Gasteiger partial charge < -0.3 is 10.1 Å². The summed E-state index contributed by atoms with van der Waals surface area (Å²) < 4.78 is 6.48. The average molecular weight is 355 g/mol. The van der Waals surface area contributed by atoms with Gasteiger partial charge in [0.15, 0.2) is 0 Å². The van der Waals surface area contributed by atoms with Crippen molar-refractivity contribution >= 4 is 27.5 Å². The molecule has 1 N–H and O–H groups in total. The maximum atomic E-state index is 6.07. The van der Waals surface area contributed by atoms with E-state index in [0.717, 1.165) is 27.2 Å². The number of methoxy groups -OCH3 is 1. The highest BCUT2D eigenvalue weighted by Crippen LogP contribution is 2.28. The molecule has 4 heteroatoms. The van der Waals surface area contributed by atoms with E-state index in [2.05, 4.69) is 33.4 Å². The third-order valence-corrected chi connectivity index (χ3v) is 3.99. The van der Waals surface area contributed by atoms with Crippen LogP contribution in [0.5, 0.6) is 5.75 Å². The molecule has 1 atom stereocenters. The van der Waals surface area contributed by atoms with Crippen LogP contribution in [-0.2, 0) is 6.42 Å². The first-order valence-corrected chi connectivity index (χ1v) is 7.56. The van der Waals surface area contributed by atoms with Gasteiger partial charge in [-0.1, -0.05) is 39.7 Å². The number of hydrogen-bond acceptors (Lipinski definition) is 2. The summed E-state index contributed by atoms with van der Waals surface area (Å²) in [6.45, 7) is 0. The normalized spacial score (nSPS) is 12.2. The van der Waals surface area contributed by atoms with Crippen LogP contribution in [0.25, 0.3) is 0 Å². The molecule has 20 heavy (non-hydrogen) atoms. The number of rotatable bonds is 5. The Morgan fingerprint density at radius 2 is 2.05 bits per heavy atom. The van der Waals surface area contributed by atoms with Crippen molar-refractivity contribution in [3.63, 3.8) is 0 Å². The first-order valence-electron chi connectivity index (χ1n) is 6.39. The van der Waals surface area contributed by atoms with Gasteiger partial charge in [0.25, 0.3) is 0 Å². The molecule has 0 spiro atoms. The number of nitrogens with one attached hydrogen (secondary N) is 1. The van der Waals surface area contributed by atoms with Crippen molar-refractivity contribution in [2.45, 2.75) is 12.5 Å². The molecule has 0 aromatic heterocycles. The Bertz CT molecular complexity index is 588. The smallest absolute Gasteiger partial charge is 0.122 e. The van der Waals surface area contributed by atoms with Crippen LogP contribution in [0.3, 0.4) is 0 Å². The molecule has 0 fully saturated rings. The van der Waals surface area contributed by atoms with Crippen LogP contribution in [-0.4, -0.2) is 14.2 Å². The van der Waals surface area contributed by atoms with Crippen molar-refractivity contribution < 1.29 is 4.74 Å². The highest BCUT2D eigenvalue weighted by Gasteiger charge is 2.13. The molecule has 106 valence electrons. The monoisotopic (exact) mass is 353 g/mol. The second-order valence-electron chi connectivity index (χ2n) is 4.56. The Kier molecular flexibility index (Phi) is 5.46. The number of halogens is 2. The van der Waals surface area contributed by atoms with E-state index >= 15 is 0 Å². The average Bonchev–Trinajstić information content (AvgIpc) is 2.45. The fourth-order valence-corrected chi connectivity index (χ4v) is 2.84.